The molecular formula is C18H32N2O. The summed E-state index contributed by atoms with van der Waals surface area (Å²) in [5.74, 6) is 0.391. The number of phenols is 1. The Labute approximate surface area is 130 Å². The summed E-state index contributed by atoms with van der Waals surface area (Å²) in [5, 5.41) is 13.7. The van der Waals surface area contributed by atoms with Crippen LogP contribution in [-0.4, -0.2) is 24.2 Å². The molecule has 0 spiro atoms. The molecule has 0 heterocycles. The lowest BCUT2D eigenvalue weighted by Crippen LogP contribution is -2.31. The number of anilines is 1. The highest BCUT2D eigenvalue weighted by molar-refractivity contribution is 5.54. The Morgan fingerprint density at radius 1 is 1.14 bits per heavy atom. The largest absolute Gasteiger partial charge is 0.508 e. The number of hydrogen-bond acceptors (Lipinski definition) is 3. The Hall–Kier alpha value is -1.22. The third kappa shape index (κ3) is 5.24. The molecule has 0 aliphatic carbocycles. The number of aromatic hydroxyl groups is 1. The number of benzene rings is 1. The molecule has 2 N–H and O–H groups in total. The number of phenolic OH excluding ortho intramolecular Hbond substituents is 1. The van der Waals surface area contributed by atoms with Crippen molar-refractivity contribution in [1.29, 1.82) is 0 Å². The fraction of sp³-hybridized carbons (Fsp3) is 0.667. The first-order chi connectivity index (χ1) is 10.0. The summed E-state index contributed by atoms with van der Waals surface area (Å²) in [6.45, 7) is 12.7. The van der Waals surface area contributed by atoms with E-state index in [4.69, 9.17) is 0 Å². The number of nitrogens with one attached hydrogen (secondary N) is 1. The van der Waals surface area contributed by atoms with Gasteiger partial charge in [0.25, 0.3) is 0 Å². The van der Waals surface area contributed by atoms with Crippen LogP contribution in [0.2, 0.25) is 0 Å². The van der Waals surface area contributed by atoms with Crippen LogP contribution in [-0.2, 0) is 0 Å². The summed E-state index contributed by atoms with van der Waals surface area (Å²) in [4.78, 5) is 2.37. The quantitative estimate of drug-likeness (QED) is 0.659. The van der Waals surface area contributed by atoms with Gasteiger partial charge in [0.2, 0.25) is 0 Å². The van der Waals surface area contributed by atoms with Crippen LogP contribution in [0.4, 0.5) is 5.69 Å². The second-order valence-electron chi connectivity index (χ2n) is 6.02. The van der Waals surface area contributed by atoms with Crippen LogP contribution < -0.4 is 10.2 Å². The van der Waals surface area contributed by atoms with E-state index < -0.39 is 0 Å². The van der Waals surface area contributed by atoms with Gasteiger partial charge >= 0.3 is 0 Å². The van der Waals surface area contributed by atoms with Crippen molar-refractivity contribution < 1.29 is 5.11 Å². The van der Waals surface area contributed by atoms with Crippen molar-refractivity contribution in [2.24, 2.45) is 0 Å². The van der Waals surface area contributed by atoms with Crippen LogP contribution in [0, 0.1) is 0 Å². The Kier molecular flexibility index (Phi) is 7.58. The highest BCUT2D eigenvalue weighted by Gasteiger charge is 2.14. The Morgan fingerprint density at radius 2 is 1.86 bits per heavy atom. The van der Waals surface area contributed by atoms with Gasteiger partial charge in [-0.25, -0.2) is 0 Å². The van der Waals surface area contributed by atoms with E-state index in [0.717, 1.165) is 24.3 Å². The molecule has 1 aromatic rings. The number of rotatable bonds is 9. The van der Waals surface area contributed by atoms with Gasteiger partial charge in [-0.2, -0.15) is 0 Å². The number of nitrogens with zero attached hydrogens (tertiary/aromatic N) is 1. The van der Waals surface area contributed by atoms with E-state index in [1.165, 1.54) is 19.3 Å². The fourth-order valence-corrected chi connectivity index (χ4v) is 2.71. The minimum atomic E-state index is 0.177. The van der Waals surface area contributed by atoms with Crippen molar-refractivity contribution in [1.82, 2.24) is 5.32 Å². The molecule has 1 rings (SSSR count). The Morgan fingerprint density at radius 3 is 2.38 bits per heavy atom. The van der Waals surface area contributed by atoms with Crippen molar-refractivity contribution in [3.8, 4) is 5.75 Å². The van der Waals surface area contributed by atoms with E-state index >= 15 is 0 Å². The maximum Gasteiger partial charge on any atom is 0.122 e. The summed E-state index contributed by atoms with van der Waals surface area (Å²) in [6.07, 6.45) is 3.69. The van der Waals surface area contributed by atoms with Gasteiger partial charge in [0.15, 0.2) is 0 Å². The smallest absolute Gasteiger partial charge is 0.122 e. The predicted octanol–water partition coefficient (Wildman–Crippen LogP) is 4.47. The number of unbranched alkanes of at least 4 members (excludes halogenated alkanes) is 2. The lowest BCUT2D eigenvalue weighted by Gasteiger charge is -2.30. The normalized spacial score (nSPS) is 12.7. The average molecular weight is 292 g/mol. The first-order valence-corrected chi connectivity index (χ1v) is 8.34. The average Bonchev–Trinajstić information content (AvgIpc) is 2.43. The summed E-state index contributed by atoms with van der Waals surface area (Å²) in [5.41, 5.74) is 2.09. The molecule has 0 aromatic heterocycles. The molecular weight excluding hydrogens is 260 g/mol. The molecule has 3 heteroatoms. The lowest BCUT2D eigenvalue weighted by molar-refractivity contribution is 0.454. The van der Waals surface area contributed by atoms with E-state index in [9.17, 15) is 5.11 Å². The topological polar surface area (TPSA) is 35.5 Å². The summed E-state index contributed by atoms with van der Waals surface area (Å²) < 4.78 is 0. The molecule has 0 fully saturated rings. The third-order valence-corrected chi connectivity index (χ3v) is 3.95. The second kappa shape index (κ2) is 8.93. The highest BCUT2D eigenvalue weighted by atomic mass is 16.3. The SMILES string of the molecule is CCCCCN(c1ccc(C(C)NCC)c(O)c1)C(C)C. The Bertz CT molecular complexity index is 418. The monoisotopic (exact) mass is 292 g/mol. The van der Waals surface area contributed by atoms with Gasteiger partial charge in [-0.1, -0.05) is 32.8 Å². The van der Waals surface area contributed by atoms with Crippen molar-refractivity contribution in [2.75, 3.05) is 18.0 Å². The molecule has 0 radical (unpaired) electrons. The third-order valence-electron chi connectivity index (χ3n) is 3.95. The maximum absolute atomic E-state index is 10.3. The molecule has 0 aliphatic rings. The van der Waals surface area contributed by atoms with Gasteiger partial charge in [-0.3, -0.25) is 0 Å². The van der Waals surface area contributed by atoms with Crippen LogP contribution in [0.15, 0.2) is 18.2 Å². The molecule has 120 valence electrons. The second-order valence-corrected chi connectivity index (χ2v) is 6.02. The van der Waals surface area contributed by atoms with Crippen LogP contribution >= 0.6 is 0 Å². The number of hydrogen-bond donors (Lipinski definition) is 2. The fourth-order valence-electron chi connectivity index (χ4n) is 2.71. The van der Waals surface area contributed by atoms with E-state index in [2.05, 4.69) is 50.9 Å². The van der Waals surface area contributed by atoms with E-state index in [-0.39, 0.29) is 6.04 Å². The summed E-state index contributed by atoms with van der Waals surface area (Å²) in [7, 11) is 0. The van der Waals surface area contributed by atoms with Gasteiger partial charge in [0, 0.05) is 35.9 Å². The van der Waals surface area contributed by atoms with Gasteiger partial charge in [-0.05, 0) is 39.8 Å². The van der Waals surface area contributed by atoms with Crippen molar-refractivity contribution >= 4 is 5.69 Å². The standard InChI is InChI=1S/C18H32N2O/c1-6-8-9-12-20(14(3)4)16-10-11-17(18(21)13-16)15(5)19-7-2/h10-11,13-15,19,21H,6-9,12H2,1-5H3. The zero-order chi connectivity index (χ0) is 15.8. The zero-order valence-electron chi connectivity index (χ0n) is 14.3. The molecule has 0 saturated heterocycles. The molecule has 1 unspecified atom stereocenters. The van der Waals surface area contributed by atoms with Gasteiger partial charge < -0.3 is 15.3 Å². The van der Waals surface area contributed by atoms with Gasteiger partial charge in [0.05, 0.1) is 0 Å². The van der Waals surface area contributed by atoms with E-state index in [1.54, 1.807) is 0 Å². The predicted molar refractivity (Wildman–Crippen MR) is 92.2 cm³/mol. The van der Waals surface area contributed by atoms with Crippen LogP contribution in [0.1, 0.15) is 65.5 Å². The first kappa shape index (κ1) is 17.8. The maximum atomic E-state index is 10.3. The summed E-state index contributed by atoms with van der Waals surface area (Å²) >= 11 is 0. The van der Waals surface area contributed by atoms with Gasteiger partial charge in [-0.15, -0.1) is 0 Å². The molecule has 0 amide bonds. The minimum Gasteiger partial charge on any atom is -0.508 e. The molecule has 21 heavy (non-hydrogen) atoms. The van der Waals surface area contributed by atoms with E-state index in [0.29, 0.717) is 11.8 Å². The lowest BCUT2D eigenvalue weighted by atomic mass is 10.1. The van der Waals surface area contributed by atoms with Crippen molar-refractivity contribution in [3.63, 3.8) is 0 Å². The van der Waals surface area contributed by atoms with Crippen molar-refractivity contribution in [3.05, 3.63) is 23.8 Å². The van der Waals surface area contributed by atoms with Crippen LogP contribution in [0.3, 0.4) is 0 Å². The first-order valence-electron chi connectivity index (χ1n) is 8.34. The molecule has 1 atom stereocenters. The molecule has 3 nitrogen and oxygen atoms in total. The van der Waals surface area contributed by atoms with Crippen molar-refractivity contribution in [2.45, 2.75) is 66.0 Å². The van der Waals surface area contributed by atoms with Crippen LogP contribution in [0.25, 0.3) is 0 Å². The molecule has 0 saturated carbocycles. The zero-order valence-corrected chi connectivity index (χ0v) is 14.3. The van der Waals surface area contributed by atoms with Crippen LogP contribution in [0.5, 0.6) is 5.75 Å². The Balaban J connectivity index is 2.87. The summed E-state index contributed by atoms with van der Waals surface area (Å²) in [6, 6.07) is 6.71. The van der Waals surface area contributed by atoms with E-state index in [1.807, 2.05) is 12.1 Å². The molecule has 0 bridgehead atoms. The minimum absolute atomic E-state index is 0.177. The highest BCUT2D eigenvalue weighted by Crippen LogP contribution is 2.30. The van der Waals surface area contributed by atoms with Gasteiger partial charge in [0.1, 0.15) is 5.75 Å². The molecule has 0 aliphatic heterocycles. The molecule has 1 aromatic carbocycles.